The molecule has 0 saturated heterocycles. The number of aromatic nitrogens is 2. The lowest BCUT2D eigenvalue weighted by Gasteiger charge is -2.03. The van der Waals surface area contributed by atoms with Crippen LogP contribution in [0.5, 0.6) is 0 Å². The molecule has 0 saturated carbocycles. The van der Waals surface area contributed by atoms with Crippen LogP contribution in [-0.4, -0.2) is 4.40 Å². The first-order valence-corrected chi connectivity index (χ1v) is 6.78. The van der Waals surface area contributed by atoms with Crippen LogP contribution in [0.15, 0.2) is 70.2 Å². The van der Waals surface area contributed by atoms with E-state index in [9.17, 15) is 4.79 Å². The van der Waals surface area contributed by atoms with E-state index in [4.69, 9.17) is 0 Å². The number of rotatable bonds is 2. The Morgan fingerprint density at radius 3 is 2.63 bits per heavy atom. The highest BCUT2D eigenvalue weighted by Gasteiger charge is 2.09. The number of nitrogens with zero attached hydrogens (tertiary/aromatic N) is 2. The summed E-state index contributed by atoms with van der Waals surface area (Å²) < 4.78 is 4.78. The molecule has 0 radical (unpaired) electrons. The summed E-state index contributed by atoms with van der Waals surface area (Å²) in [7, 11) is 0. The third-order valence-corrected chi connectivity index (χ3v) is 3.56. The van der Waals surface area contributed by atoms with Crippen molar-refractivity contribution in [2.45, 2.75) is 6.54 Å². The van der Waals surface area contributed by atoms with E-state index in [-0.39, 0.29) is 5.56 Å². The monoisotopic (exact) mass is 315 g/mol. The molecular weight excluding hydrogens is 304 g/mol. The summed E-state index contributed by atoms with van der Waals surface area (Å²) in [5.41, 5.74) is 2.07. The van der Waals surface area contributed by atoms with E-state index in [1.54, 1.807) is 16.7 Å². The van der Waals surface area contributed by atoms with Gasteiger partial charge in [-0.3, -0.25) is 0 Å². The molecule has 2 heterocycles. The first-order chi connectivity index (χ1) is 9.24. The van der Waals surface area contributed by atoms with Crippen molar-refractivity contribution in [2.75, 3.05) is 0 Å². The molecule has 0 aliphatic carbocycles. The zero-order valence-electron chi connectivity index (χ0n) is 10.2. The summed E-state index contributed by atoms with van der Waals surface area (Å²) in [6, 6.07) is 15.5. The Kier molecular flexibility index (Phi) is 3.17. The molecular formula is C15H12BrN2O+. The Labute approximate surface area is 118 Å². The molecule has 0 N–H and O–H groups in total. The number of pyridine rings is 1. The van der Waals surface area contributed by atoms with Crippen LogP contribution in [0.4, 0.5) is 0 Å². The van der Waals surface area contributed by atoms with Crippen LogP contribution in [0.2, 0.25) is 0 Å². The van der Waals surface area contributed by atoms with Gasteiger partial charge in [0.25, 0.3) is 5.65 Å². The van der Waals surface area contributed by atoms with Crippen molar-refractivity contribution in [3.63, 3.8) is 0 Å². The molecule has 3 rings (SSSR count). The van der Waals surface area contributed by atoms with Crippen molar-refractivity contribution in [2.24, 2.45) is 0 Å². The molecule has 0 aliphatic rings. The maximum Gasteiger partial charge on any atom is 0.342 e. The summed E-state index contributed by atoms with van der Waals surface area (Å²) in [5.74, 6) is 0. The Bertz CT molecular complexity index is 778. The van der Waals surface area contributed by atoms with E-state index in [2.05, 4.69) is 32.6 Å². The highest BCUT2D eigenvalue weighted by Crippen LogP contribution is 2.10. The second-order valence-electron chi connectivity index (χ2n) is 4.34. The van der Waals surface area contributed by atoms with E-state index in [0.29, 0.717) is 0 Å². The van der Waals surface area contributed by atoms with Crippen LogP contribution in [0.1, 0.15) is 5.56 Å². The van der Waals surface area contributed by atoms with Gasteiger partial charge in [0, 0.05) is 10.5 Å². The van der Waals surface area contributed by atoms with Crippen molar-refractivity contribution in [1.82, 2.24) is 4.40 Å². The Hall–Kier alpha value is -1.94. The van der Waals surface area contributed by atoms with Gasteiger partial charge in [0.05, 0.1) is 18.5 Å². The molecule has 2 aromatic heterocycles. The number of benzene rings is 1. The fraction of sp³-hybridized carbons (Fsp3) is 0.0667. The van der Waals surface area contributed by atoms with Crippen LogP contribution in [0.25, 0.3) is 5.65 Å². The van der Waals surface area contributed by atoms with Crippen molar-refractivity contribution >= 4 is 21.6 Å². The molecule has 0 bridgehead atoms. The highest BCUT2D eigenvalue weighted by atomic mass is 79.9. The summed E-state index contributed by atoms with van der Waals surface area (Å²) >= 11 is 3.43. The Morgan fingerprint density at radius 1 is 1.05 bits per heavy atom. The van der Waals surface area contributed by atoms with E-state index < -0.39 is 0 Å². The smallest absolute Gasteiger partial charge is 0.241 e. The predicted molar refractivity (Wildman–Crippen MR) is 77.1 cm³/mol. The van der Waals surface area contributed by atoms with Crippen LogP contribution in [0.3, 0.4) is 0 Å². The van der Waals surface area contributed by atoms with Crippen LogP contribution >= 0.6 is 15.9 Å². The summed E-state index contributed by atoms with van der Waals surface area (Å²) in [6.07, 6.45) is 3.62. The van der Waals surface area contributed by atoms with Gasteiger partial charge in [-0.1, -0.05) is 34.1 Å². The van der Waals surface area contributed by atoms with Gasteiger partial charge in [-0.15, -0.1) is 0 Å². The molecule has 94 valence electrons. The fourth-order valence-electron chi connectivity index (χ4n) is 2.09. The SMILES string of the molecule is O=c1cc[n+](Cc2ccc(Br)cc2)c2ccccn12. The zero-order valence-corrected chi connectivity index (χ0v) is 11.7. The van der Waals surface area contributed by atoms with Crippen molar-refractivity contribution < 1.29 is 4.57 Å². The van der Waals surface area contributed by atoms with Gasteiger partial charge < -0.3 is 0 Å². The minimum Gasteiger partial charge on any atom is -0.241 e. The van der Waals surface area contributed by atoms with Gasteiger partial charge in [0.1, 0.15) is 6.54 Å². The Balaban J connectivity index is 2.08. The number of hydrogen-bond donors (Lipinski definition) is 0. The third-order valence-electron chi connectivity index (χ3n) is 3.03. The quantitative estimate of drug-likeness (QED) is 0.667. The van der Waals surface area contributed by atoms with Crippen LogP contribution < -0.4 is 10.1 Å². The number of fused-ring (bicyclic) bond motifs is 1. The largest absolute Gasteiger partial charge is 0.342 e. The van der Waals surface area contributed by atoms with Crippen molar-refractivity contribution in [1.29, 1.82) is 0 Å². The summed E-state index contributed by atoms with van der Waals surface area (Å²) in [4.78, 5) is 11.8. The van der Waals surface area contributed by atoms with E-state index in [1.165, 1.54) is 5.56 Å². The van der Waals surface area contributed by atoms with Crippen molar-refractivity contribution in [3.05, 3.63) is 81.3 Å². The van der Waals surface area contributed by atoms with E-state index >= 15 is 0 Å². The second kappa shape index (κ2) is 4.97. The normalized spacial score (nSPS) is 10.8. The van der Waals surface area contributed by atoms with Gasteiger partial charge in [0.2, 0.25) is 0 Å². The number of halogens is 1. The van der Waals surface area contributed by atoms with E-state index in [0.717, 1.165) is 16.7 Å². The van der Waals surface area contributed by atoms with Crippen LogP contribution in [0, 0.1) is 0 Å². The lowest BCUT2D eigenvalue weighted by Crippen LogP contribution is -2.39. The molecule has 0 unspecified atom stereocenters. The molecule has 3 aromatic rings. The topological polar surface area (TPSA) is 25.4 Å². The van der Waals surface area contributed by atoms with Gasteiger partial charge in [-0.25, -0.2) is 9.36 Å². The summed E-state index contributed by atoms with van der Waals surface area (Å²) in [5, 5.41) is 0. The molecule has 19 heavy (non-hydrogen) atoms. The molecule has 0 spiro atoms. The van der Waals surface area contributed by atoms with Gasteiger partial charge in [-0.05, 0) is 23.8 Å². The van der Waals surface area contributed by atoms with Gasteiger partial charge >= 0.3 is 5.56 Å². The lowest BCUT2D eigenvalue weighted by molar-refractivity contribution is -0.666. The average molecular weight is 316 g/mol. The molecule has 3 nitrogen and oxygen atoms in total. The van der Waals surface area contributed by atoms with Gasteiger partial charge in [-0.2, -0.15) is 4.40 Å². The molecule has 0 fully saturated rings. The first kappa shape index (κ1) is 12.1. The maximum atomic E-state index is 11.8. The molecule has 0 aliphatic heterocycles. The average Bonchev–Trinajstić information content (AvgIpc) is 2.45. The predicted octanol–water partition coefficient (Wildman–Crippen LogP) is 2.40. The molecule has 4 heteroatoms. The molecule has 0 amide bonds. The lowest BCUT2D eigenvalue weighted by atomic mass is 10.2. The summed E-state index contributed by atoms with van der Waals surface area (Å²) in [6.45, 7) is 0.737. The Morgan fingerprint density at radius 2 is 1.84 bits per heavy atom. The van der Waals surface area contributed by atoms with Crippen molar-refractivity contribution in [3.8, 4) is 0 Å². The minimum absolute atomic E-state index is 0.0114. The van der Waals surface area contributed by atoms with Gasteiger partial charge in [0.15, 0.2) is 0 Å². The van der Waals surface area contributed by atoms with E-state index in [1.807, 2.05) is 36.5 Å². The highest BCUT2D eigenvalue weighted by molar-refractivity contribution is 9.10. The molecule has 1 aromatic carbocycles. The standard InChI is InChI=1S/C15H12BrN2O/c16-13-6-4-12(5-7-13)11-17-10-8-15(19)18-9-2-1-3-14(17)18/h1-10H,11H2/q+1. The first-order valence-electron chi connectivity index (χ1n) is 5.98. The minimum atomic E-state index is -0.0114. The second-order valence-corrected chi connectivity index (χ2v) is 5.25. The number of hydrogen-bond acceptors (Lipinski definition) is 1. The molecule has 0 atom stereocenters. The zero-order chi connectivity index (χ0) is 13.2. The maximum absolute atomic E-state index is 11.8. The fourth-order valence-corrected chi connectivity index (χ4v) is 2.35. The third kappa shape index (κ3) is 2.44. The van der Waals surface area contributed by atoms with Crippen LogP contribution in [-0.2, 0) is 6.54 Å².